The second kappa shape index (κ2) is 4.63. The van der Waals surface area contributed by atoms with Crippen molar-refractivity contribution in [3.63, 3.8) is 0 Å². The molecule has 1 aliphatic carbocycles. The summed E-state index contributed by atoms with van der Waals surface area (Å²) in [5, 5.41) is 0. The maximum absolute atomic E-state index is 12.0. The zero-order valence-corrected chi connectivity index (χ0v) is 11.2. The number of nitrogens with zero attached hydrogens (tertiary/aromatic N) is 1. The molecular weight excluding hydrogens is 246 g/mol. The number of hydrogen-bond donors (Lipinski definition) is 0. The number of piperidine rings is 1. The van der Waals surface area contributed by atoms with Crippen LogP contribution < -0.4 is 0 Å². The zero-order valence-electron chi connectivity index (χ0n) is 11.2. The lowest BCUT2D eigenvalue weighted by Crippen LogP contribution is -2.72. The van der Waals surface area contributed by atoms with Crippen LogP contribution in [0.5, 0.6) is 0 Å². The fourth-order valence-corrected chi connectivity index (χ4v) is 3.90. The lowest BCUT2D eigenvalue weighted by molar-refractivity contribution is -0.190. The summed E-state index contributed by atoms with van der Waals surface area (Å²) in [4.78, 5) is 25.8. The van der Waals surface area contributed by atoms with E-state index in [2.05, 4.69) is 12.2 Å². The van der Waals surface area contributed by atoms with Gasteiger partial charge in [-0.05, 0) is 18.8 Å². The van der Waals surface area contributed by atoms with Crippen molar-refractivity contribution in [2.24, 2.45) is 17.8 Å². The van der Waals surface area contributed by atoms with E-state index in [-0.39, 0.29) is 35.9 Å². The van der Waals surface area contributed by atoms with Crippen molar-refractivity contribution < 1.29 is 19.1 Å². The minimum absolute atomic E-state index is 0.0327. The van der Waals surface area contributed by atoms with Gasteiger partial charge >= 0.3 is 5.97 Å². The van der Waals surface area contributed by atoms with Gasteiger partial charge in [0.2, 0.25) is 0 Å². The van der Waals surface area contributed by atoms with Gasteiger partial charge in [0, 0.05) is 19.6 Å². The highest BCUT2D eigenvalue weighted by molar-refractivity contribution is 5.89. The average Bonchev–Trinajstić information content (AvgIpc) is 2.45. The largest absolute Gasteiger partial charge is 0.469 e. The second-order valence-corrected chi connectivity index (χ2v) is 5.50. The van der Waals surface area contributed by atoms with Gasteiger partial charge in [0.1, 0.15) is 0 Å². The van der Waals surface area contributed by atoms with Gasteiger partial charge in [-0.2, -0.15) is 0 Å². The first kappa shape index (κ1) is 12.7. The minimum atomic E-state index is -0.383. The molecule has 2 fully saturated rings. The second-order valence-electron chi connectivity index (χ2n) is 5.50. The Labute approximate surface area is 112 Å². The number of β-lactam (4-membered cyclic amide) rings is 1. The van der Waals surface area contributed by atoms with E-state index >= 15 is 0 Å². The van der Waals surface area contributed by atoms with Crippen molar-refractivity contribution in [3.05, 3.63) is 12.2 Å². The Morgan fingerprint density at radius 2 is 2.21 bits per heavy atom. The van der Waals surface area contributed by atoms with E-state index in [1.807, 2.05) is 4.90 Å². The number of hydrogen-bond acceptors (Lipinski definition) is 4. The van der Waals surface area contributed by atoms with Gasteiger partial charge in [-0.15, -0.1) is 0 Å². The SMILES string of the molecule is COC(=O)[C@@H]1CC=C[C@@H]2CCN3C(=O)[C@H](OC)[C@@H]3[C@H]21. The van der Waals surface area contributed by atoms with Crippen LogP contribution in [0.3, 0.4) is 0 Å². The third-order valence-electron chi connectivity index (χ3n) is 4.78. The van der Waals surface area contributed by atoms with Gasteiger partial charge in [-0.3, -0.25) is 9.59 Å². The van der Waals surface area contributed by atoms with Crippen LogP contribution in [0.2, 0.25) is 0 Å². The summed E-state index contributed by atoms with van der Waals surface area (Å²) >= 11 is 0. The maximum atomic E-state index is 12.0. The highest BCUT2D eigenvalue weighted by atomic mass is 16.5. The molecule has 104 valence electrons. The Morgan fingerprint density at radius 1 is 1.42 bits per heavy atom. The van der Waals surface area contributed by atoms with Gasteiger partial charge in [0.25, 0.3) is 5.91 Å². The Morgan fingerprint density at radius 3 is 2.89 bits per heavy atom. The van der Waals surface area contributed by atoms with E-state index in [1.165, 1.54) is 7.11 Å². The molecule has 0 bridgehead atoms. The predicted molar refractivity (Wildman–Crippen MR) is 67.2 cm³/mol. The summed E-state index contributed by atoms with van der Waals surface area (Å²) in [6.45, 7) is 0.767. The molecule has 0 radical (unpaired) electrons. The van der Waals surface area contributed by atoms with Crippen molar-refractivity contribution >= 4 is 11.9 Å². The zero-order chi connectivity index (χ0) is 13.6. The molecule has 19 heavy (non-hydrogen) atoms. The van der Waals surface area contributed by atoms with Gasteiger partial charge in [0.15, 0.2) is 6.10 Å². The quantitative estimate of drug-likeness (QED) is 0.417. The fourth-order valence-electron chi connectivity index (χ4n) is 3.90. The molecule has 0 N–H and O–H groups in total. The summed E-state index contributed by atoms with van der Waals surface area (Å²) in [7, 11) is 2.99. The standard InChI is InChI=1S/C14H19NO4/c1-18-12-11-10-8(6-7-15(11)13(12)16)4-3-5-9(10)14(17)19-2/h3-4,8-12H,5-7H2,1-2H3/t8-,9-,10-,11+,12-/m1/s1. The molecule has 3 rings (SSSR count). The number of rotatable bonds is 2. The van der Waals surface area contributed by atoms with Crippen LogP contribution in [0.25, 0.3) is 0 Å². The first-order chi connectivity index (χ1) is 9.19. The molecule has 1 amide bonds. The fraction of sp³-hybridized carbons (Fsp3) is 0.714. The Bertz CT molecular complexity index is 425. The first-order valence-electron chi connectivity index (χ1n) is 6.76. The summed E-state index contributed by atoms with van der Waals surface area (Å²) in [6, 6.07) is 0.0327. The minimum Gasteiger partial charge on any atom is -0.469 e. The normalized spacial score (nSPS) is 40.2. The van der Waals surface area contributed by atoms with E-state index in [0.717, 1.165) is 13.0 Å². The molecule has 0 aromatic heterocycles. The molecule has 3 aliphatic rings. The summed E-state index contributed by atoms with van der Waals surface area (Å²) in [5.41, 5.74) is 0. The molecule has 0 spiro atoms. The first-order valence-corrected chi connectivity index (χ1v) is 6.76. The summed E-state index contributed by atoms with van der Waals surface area (Å²) in [5.74, 6) is 0.219. The van der Waals surface area contributed by atoms with Crippen LogP contribution in [-0.4, -0.2) is 49.7 Å². The smallest absolute Gasteiger partial charge is 0.309 e. The summed E-state index contributed by atoms with van der Waals surface area (Å²) < 4.78 is 10.2. The van der Waals surface area contributed by atoms with Crippen molar-refractivity contribution in [1.29, 1.82) is 0 Å². The van der Waals surface area contributed by atoms with Crippen molar-refractivity contribution in [2.75, 3.05) is 20.8 Å². The van der Waals surface area contributed by atoms with Crippen molar-refractivity contribution in [1.82, 2.24) is 4.90 Å². The highest BCUT2D eigenvalue weighted by Gasteiger charge is 2.58. The maximum Gasteiger partial charge on any atom is 0.309 e. The molecule has 0 unspecified atom stereocenters. The topological polar surface area (TPSA) is 55.8 Å². The molecule has 5 nitrogen and oxygen atoms in total. The predicted octanol–water partition coefficient (Wildman–Crippen LogP) is 0.597. The molecule has 5 atom stereocenters. The van der Waals surface area contributed by atoms with E-state index < -0.39 is 0 Å². The molecule has 0 aromatic carbocycles. The van der Waals surface area contributed by atoms with Crippen LogP contribution >= 0.6 is 0 Å². The Hall–Kier alpha value is -1.36. The number of ether oxygens (including phenoxy) is 2. The van der Waals surface area contributed by atoms with Crippen LogP contribution in [0, 0.1) is 17.8 Å². The Balaban J connectivity index is 1.89. The van der Waals surface area contributed by atoms with Crippen molar-refractivity contribution in [2.45, 2.75) is 25.0 Å². The third-order valence-corrected chi connectivity index (χ3v) is 4.78. The number of methoxy groups -OCH3 is 2. The molecule has 5 heteroatoms. The van der Waals surface area contributed by atoms with E-state index in [1.54, 1.807) is 7.11 Å². The summed E-state index contributed by atoms with van der Waals surface area (Å²) in [6.07, 6.45) is 5.50. The third kappa shape index (κ3) is 1.71. The lowest BCUT2D eigenvalue weighted by atomic mass is 9.64. The molecule has 0 aromatic rings. The van der Waals surface area contributed by atoms with Gasteiger partial charge in [0.05, 0.1) is 19.1 Å². The lowest BCUT2D eigenvalue weighted by Gasteiger charge is -2.57. The van der Waals surface area contributed by atoms with E-state index in [0.29, 0.717) is 12.3 Å². The molecule has 0 saturated carbocycles. The number of amides is 1. The van der Waals surface area contributed by atoms with Crippen LogP contribution in [-0.2, 0) is 19.1 Å². The molecule has 2 saturated heterocycles. The molecular formula is C14H19NO4. The van der Waals surface area contributed by atoms with Crippen LogP contribution in [0.1, 0.15) is 12.8 Å². The number of carbonyl (C=O) groups is 2. The van der Waals surface area contributed by atoms with Gasteiger partial charge in [-0.1, -0.05) is 12.2 Å². The number of carbonyl (C=O) groups excluding carboxylic acids is 2. The van der Waals surface area contributed by atoms with E-state index in [4.69, 9.17) is 9.47 Å². The average molecular weight is 265 g/mol. The number of fused-ring (bicyclic) bond motifs is 3. The van der Waals surface area contributed by atoms with E-state index in [9.17, 15) is 9.59 Å². The van der Waals surface area contributed by atoms with Crippen LogP contribution in [0.4, 0.5) is 0 Å². The molecule has 2 heterocycles. The monoisotopic (exact) mass is 265 g/mol. The van der Waals surface area contributed by atoms with Gasteiger partial charge < -0.3 is 14.4 Å². The van der Waals surface area contributed by atoms with Gasteiger partial charge in [-0.25, -0.2) is 0 Å². The highest BCUT2D eigenvalue weighted by Crippen LogP contribution is 2.46. The number of allylic oxidation sites excluding steroid dienone is 2. The molecule has 2 aliphatic heterocycles. The number of esters is 1. The Kier molecular flexibility index (Phi) is 3.09. The van der Waals surface area contributed by atoms with Crippen molar-refractivity contribution in [3.8, 4) is 0 Å². The van der Waals surface area contributed by atoms with Crippen LogP contribution in [0.15, 0.2) is 12.2 Å².